The summed E-state index contributed by atoms with van der Waals surface area (Å²) in [6, 6.07) is 12.0. The standard InChI is InChI=1S/C21H20F2N2OS/c1-21(2,3)20(26)25(18-10-8-16(23)9-11-18)12-17-13-27-19(24-17)14-4-6-15(22)7-5-14/h4-11,13H,12H2,1-3H3. The number of anilines is 1. The molecular formula is C21H20F2N2OS. The van der Waals surface area contributed by atoms with Crippen LogP contribution >= 0.6 is 11.3 Å². The van der Waals surface area contributed by atoms with E-state index in [1.165, 1.54) is 35.6 Å². The second kappa shape index (κ2) is 7.56. The van der Waals surface area contributed by atoms with Crippen molar-refractivity contribution in [3.05, 3.63) is 71.2 Å². The Kier molecular flexibility index (Phi) is 5.37. The van der Waals surface area contributed by atoms with Crippen molar-refractivity contribution in [1.29, 1.82) is 0 Å². The Labute approximate surface area is 161 Å². The zero-order valence-electron chi connectivity index (χ0n) is 15.4. The number of aromatic nitrogens is 1. The van der Waals surface area contributed by atoms with Crippen molar-refractivity contribution in [1.82, 2.24) is 4.98 Å². The number of carbonyl (C=O) groups excluding carboxylic acids is 1. The fourth-order valence-electron chi connectivity index (χ4n) is 2.57. The lowest BCUT2D eigenvalue weighted by atomic mass is 9.94. The monoisotopic (exact) mass is 386 g/mol. The summed E-state index contributed by atoms with van der Waals surface area (Å²) >= 11 is 1.44. The molecule has 27 heavy (non-hydrogen) atoms. The summed E-state index contributed by atoms with van der Waals surface area (Å²) in [6.45, 7) is 5.81. The summed E-state index contributed by atoms with van der Waals surface area (Å²) in [5.41, 5.74) is 1.57. The zero-order chi connectivity index (χ0) is 19.6. The van der Waals surface area contributed by atoms with E-state index < -0.39 is 5.41 Å². The van der Waals surface area contributed by atoms with E-state index in [-0.39, 0.29) is 24.1 Å². The number of hydrogen-bond donors (Lipinski definition) is 0. The molecule has 0 saturated carbocycles. The first-order valence-electron chi connectivity index (χ1n) is 8.52. The summed E-state index contributed by atoms with van der Waals surface area (Å²) in [5.74, 6) is -0.728. The Morgan fingerprint density at radius 3 is 2.11 bits per heavy atom. The molecule has 140 valence electrons. The van der Waals surface area contributed by atoms with Crippen LogP contribution in [0.25, 0.3) is 10.6 Å². The van der Waals surface area contributed by atoms with Gasteiger partial charge in [-0.1, -0.05) is 20.8 Å². The summed E-state index contributed by atoms with van der Waals surface area (Å²) in [7, 11) is 0. The molecule has 0 saturated heterocycles. The molecule has 0 N–H and O–H groups in total. The molecule has 6 heteroatoms. The number of hydrogen-bond acceptors (Lipinski definition) is 3. The van der Waals surface area contributed by atoms with Crippen molar-refractivity contribution in [2.45, 2.75) is 27.3 Å². The van der Waals surface area contributed by atoms with E-state index >= 15 is 0 Å². The van der Waals surface area contributed by atoms with Gasteiger partial charge < -0.3 is 4.90 Å². The Balaban J connectivity index is 1.89. The van der Waals surface area contributed by atoms with Gasteiger partial charge in [-0.2, -0.15) is 0 Å². The van der Waals surface area contributed by atoms with E-state index in [1.807, 2.05) is 26.2 Å². The number of thiazole rings is 1. The molecule has 1 aromatic heterocycles. The lowest BCUT2D eigenvalue weighted by Gasteiger charge is -2.29. The molecule has 3 rings (SSSR count). The highest BCUT2D eigenvalue weighted by Gasteiger charge is 2.29. The van der Waals surface area contributed by atoms with E-state index in [1.54, 1.807) is 29.2 Å². The van der Waals surface area contributed by atoms with Crippen LogP contribution in [0, 0.1) is 17.0 Å². The minimum Gasteiger partial charge on any atom is -0.306 e. The lowest BCUT2D eigenvalue weighted by molar-refractivity contribution is -0.125. The van der Waals surface area contributed by atoms with Crippen molar-refractivity contribution in [2.75, 3.05) is 4.90 Å². The summed E-state index contributed by atoms with van der Waals surface area (Å²) in [5, 5.41) is 2.64. The van der Waals surface area contributed by atoms with Crippen molar-refractivity contribution in [3.63, 3.8) is 0 Å². The molecule has 0 atom stereocenters. The fraction of sp³-hybridized carbons (Fsp3) is 0.238. The molecule has 0 spiro atoms. The molecule has 3 aromatic rings. The molecule has 0 radical (unpaired) electrons. The summed E-state index contributed by atoms with van der Waals surface area (Å²) in [6.07, 6.45) is 0. The third-order valence-corrected chi connectivity index (χ3v) is 4.93. The number of amides is 1. The highest BCUT2D eigenvalue weighted by molar-refractivity contribution is 7.13. The number of rotatable bonds is 4. The van der Waals surface area contributed by atoms with Crippen LogP contribution in [0.4, 0.5) is 14.5 Å². The second-order valence-electron chi connectivity index (χ2n) is 7.27. The average Bonchev–Trinajstić information content (AvgIpc) is 3.08. The molecule has 0 aliphatic carbocycles. The van der Waals surface area contributed by atoms with Crippen LogP contribution in [0.15, 0.2) is 53.9 Å². The van der Waals surface area contributed by atoms with Crippen LogP contribution < -0.4 is 4.90 Å². The van der Waals surface area contributed by atoms with E-state index in [9.17, 15) is 13.6 Å². The lowest BCUT2D eigenvalue weighted by Crippen LogP contribution is -2.39. The van der Waals surface area contributed by atoms with Gasteiger partial charge in [0.1, 0.15) is 16.6 Å². The highest BCUT2D eigenvalue weighted by atomic mass is 32.1. The SMILES string of the molecule is CC(C)(C)C(=O)N(Cc1csc(-c2ccc(F)cc2)n1)c1ccc(F)cc1. The Morgan fingerprint density at radius 2 is 1.56 bits per heavy atom. The third-order valence-electron chi connectivity index (χ3n) is 3.99. The maximum absolute atomic E-state index is 13.3. The predicted octanol–water partition coefficient (Wildman–Crippen LogP) is 5.67. The molecule has 0 unspecified atom stereocenters. The van der Waals surface area contributed by atoms with Gasteiger partial charge in [0.15, 0.2) is 0 Å². The molecule has 0 aliphatic heterocycles. The van der Waals surface area contributed by atoms with Gasteiger partial charge in [-0.3, -0.25) is 4.79 Å². The van der Waals surface area contributed by atoms with Gasteiger partial charge in [0.05, 0.1) is 12.2 Å². The van der Waals surface area contributed by atoms with E-state index in [2.05, 4.69) is 4.98 Å². The average molecular weight is 386 g/mol. The van der Waals surface area contributed by atoms with Crippen molar-refractivity contribution in [2.24, 2.45) is 5.41 Å². The number of carbonyl (C=O) groups is 1. The first-order chi connectivity index (χ1) is 12.7. The molecule has 0 aliphatic rings. The molecule has 2 aromatic carbocycles. The predicted molar refractivity (Wildman–Crippen MR) is 105 cm³/mol. The highest BCUT2D eigenvalue weighted by Crippen LogP contribution is 2.28. The number of halogens is 2. The van der Waals surface area contributed by atoms with Crippen LogP contribution in [0.2, 0.25) is 0 Å². The first kappa shape index (κ1) is 19.2. The van der Waals surface area contributed by atoms with Crippen molar-refractivity contribution in [3.8, 4) is 10.6 Å². The van der Waals surface area contributed by atoms with Crippen LogP contribution in [0.5, 0.6) is 0 Å². The molecule has 3 nitrogen and oxygen atoms in total. The Bertz CT molecular complexity index is 928. The van der Waals surface area contributed by atoms with Crippen LogP contribution in [0.3, 0.4) is 0 Å². The molecular weight excluding hydrogens is 366 g/mol. The van der Waals surface area contributed by atoms with Gasteiger partial charge in [-0.25, -0.2) is 13.8 Å². The van der Waals surface area contributed by atoms with E-state index in [0.29, 0.717) is 5.69 Å². The summed E-state index contributed by atoms with van der Waals surface area (Å²) < 4.78 is 26.4. The van der Waals surface area contributed by atoms with Gasteiger partial charge >= 0.3 is 0 Å². The van der Waals surface area contributed by atoms with Gasteiger partial charge in [0.25, 0.3) is 0 Å². The molecule has 1 heterocycles. The van der Waals surface area contributed by atoms with E-state index in [0.717, 1.165) is 16.3 Å². The third kappa shape index (κ3) is 4.57. The number of benzene rings is 2. The topological polar surface area (TPSA) is 33.2 Å². The normalized spacial score (nSPS) is 11.4. The van der Waals surface area contributed by atoms with Crippen molar-refractivity contribution >= 4 is 22.9 Å². The van der Waals surface area contributed by atoms with Crippen LogP contribution in [-0.4, -0.2) is 10.9 Å². The molecule has 0 bridgehead atoms. The van der Waals surface area contributed by atoms with Gasteiger partial charge in [0, 0.05) is 22.0 Å². The minimum atomic E-state index is -0.593. The Hall–Kier alpha value is -2.60. The largest absolute Gasteiger partial charge is 0.306 e. The molecule has 1 amide bonds. The minimum absolute atomic E-state index is 0.0783. The maximum atomic E-state index is 13.3. The van der Waals surface area contributed by atoms with Crippen LogP contribution in [-0.2, 0) is 11.3 Å². The first-order valence-corrected chi connectivity index (χ1v) is 9.40. The van der Waals surface area contributed by atoms with Gasteiger partial charge in [0.2, 0.25) is 5.91 Å². The maximum Gasteiger partial charge on any atom is 0.232 e. The van der Waals surface area contributed by atoms with E-state index in [4.69, 9.17) is 0 Å². The van der Waals surface area contributed by atoms with Crippen molar-refractivity contribution < 1.29 is 13.6 Å². The van der Waals surface area contributed by atoms with Gasteiger partial charge in [-0.15, -0.1) is 11.3 Å². The summed E-state index contributed by atoms with van der Waals surface area (Å²) in [4.78, 5) is 19.1. The second-order valence-corrected chi connectivity index (χ2v) is 8.13. The Morgan fingerprint density at radius 1 is 1.00 bits per heavy atom. The quantitative estimate of drug-likeness (QED) is 0.579. The fourth-order valence-corrected chi connectivity index (χ4v) is 3.39. The van der Waals surface area contributed by atoms with Gasteiger partial charge in [-0.05, 0) is 48.5 Å². The smallest absolute Gasteiger partial charge is 0.232 e. The number of nitrogens with zero attached hydrogens (tertiary/aromatic N) is 2. The molecule has 0 fully saturated rings. The van der Waals surface area contributed by atoms with Crippen LogP contribution in [0.1, 0.15) is 26.5 Å². The zero-order valence-corrected chi connectivity index (χ0v) is 16.2.